The van der Waals surface area contributed by atoms with Crippen LogP contribution in [0.4, 0.5) is 5.69 Å². The predicted octanol–water partition coefficient (Wildman–Crippen LogP) is 3.67. The fourth-order valence-electron chi connectivity index (χ4n) is 3.55. The predicted molar refractivity (Wildman–Crippen MR) is 122 cm³/mol. The number of nitrogens with one attached hydrogen (secondary N) is 1. The van der Waals surface area contributed by atoms with Crippen LogP contribution >= 0.6 is 24.0 Å². The molecule has 152 valence electrons. The van der Waals surface area contributed by atoms with Gasteiger partial charge in [0.05, 0.1) is 16.2 Å². The number of benzene rings is 2. The fourth-order valence-corrected chi connectivity index (χ4v) is 4.80. The Balaban J connectivity index is 1.69. The Bertz CT molecular complexity index is 1130. The highest BCUT2D eigenvalue weighted by atomic mass is 32.2. The van der Waals surface area contributed by atoms with Gasteiger partial charge in [-0.3, -0.25) is 19.8 Å². The number of para-hydroxylation sites is 1. The standard InChI is InChI=1S/C22H19N3O3S2/c1-3-12-24-16-11-7-6-10-15(16)17(20(24)27)18-21(28)25(22(29)30-18)23-19(26)14-9-5-4-8-13(14)2/h4-11H,3,12H2,1-2H3,(H,23,26)/b18-17-. The fraction of sp³-hybridized carbons (Fsp3) is 0.182. The molecule has 2 aliphatic heterocycles. The number of carbonyl (C=O) groups excluding carboxylic acids is 3. The van der Waals surface area contributed by atoms with Gasteiger partial charge in [-0.25, -0.2) is 0 Å². The maximum Gasteiger partial charge on any atom is 0.286 e. The van der Waals surface area contributed by atoms with Crippen LogP contribution in [0.25, 0.3) is 5.57 Å². The molecule has 0 saturated carbocycles. The minimum atomic E-state index is -0.497. The number of thioether (sulfide) groups is 1. The first kappa shape index (κ1) is 20.3. The van der Waals surface area contributed by atoms with Crippen LogP contribution in [-0.4, -0.2) is 33.6 Å². The van der Waals surface area contributed by atoms with E-state index in [9.17, 15) is 14.4 Å². The maximum atomic E-state index is 13.1. The number of hydrogen-bond acceptors (Lipinski definition) is 5. The number of thiocarbonyl (C=S) groups is 1. The normalized spacial score (nSPS) is 18.3. The van der Waals surface area contributed by atoms with Crippen LogP contribution < -0.4 is 10.3 Å². The molecule has 1 N–H and O–H groups in total. The first-order valence-electron chi connectivity index (χ1n) is 9.52. The average Bonchev–Trinajstić information content (AvgIpc) is 3.16. The molecule has 0 spiro atoms. The Labute approximate surface area is 183 Å². The van der Waals surface area contributed by atoms with E-state index in [4.69, 9.17) is 12.2 Å². The molecule has 0 atom stereocenters. The van der Waals surface area contributed by atoms with Crippen molar-refractivity contribution in [3.63, 3.8) is 0 Å². The SMILES string of the molecule is CCCN1C(=O)/C(=C2\SC(=S)N(NC(=O)c3ccccc3C)C2=O)c2ccccc21. The molecule has 8 heteroatoms. The zero-order chi connectivity index (χ0) is 21.4. The molecule has 0 radical (unpaired) electrons. The summed E-state index contributed by atoms with van der Waals surface area (Å²) in [7, 11) is 0. The lowest BCUT2D eigenvalue weighted by atomic mass is 10.1. The summed E-state index contributed by atoms with van der Waals surface area (Å²) >= 11 is 6.38. The van der Waals surface area contributed by atoms with Gasteiger partial charge in [0.15, 0.2) is 4.32 Å². The first-order valence-corrected chi connectivity index (χ1v) is 10.7. The molecule has 1 saturated heterocycles. The second kappa shape index (κ2) is 8.04. The van der Waals surface area contributed by atoms with E-state index in [0.717, 1.165) is 34.4 Å². The Morgan fingerprint density at radius 1 is 1.07 bits per heavy atom. The molecule has 0 bridgehead atoms. The number of hydrogen-bond donors (Lipinski definition) is 1. The van der Waals surface area contributed by atoms with Crippen LogP contribution in [0.1, 0.15) is 34.8 Å². The van der Waals surface area contributed by atoms with Gasteiger partial charge in [-0.2, -0.15) is 5.01 Å². The number of aryl methyl sites for hydroxylation is 1. The van der Waals surface area contributed by atoms with E-state index in [1.807, 2.05) is 50.2 Å². The Kier molecular flexibility index (Phi) is 5.44. The van der Waals surface area contributed by atoms with Crippen molar-refractivity contribution in [1.82, 2.24) is 10.4 Å². The number of anilines is 1. The molecule has 0 unspecified atom stereocenters. The highest BCUT2D eigenvalue weighted by molar-refractivity contribution is 8.26. The lowest BCUT2D eigenvalue weighted by Crippen LogP contribution is -2.45. The van der Waals surface area contributed by atoms with Crippen LogP contribution in [0.3, 0.4) is 0 Å². The molecule has 0 aliphatic carbocycles. The molecule has 2 heterocycles. The highest BCUT2D eigenvalue weighted by Gasteiger charge is 2.42. The molecule has 30 heavy (non-hydrogen) atoms. The number of amides is 3. The van der Waals surface area contributed by atoms with Crippen molar-refractivity contribution in [3.8, 4) is 0 Å². The summed E-state index contributed by atoms with van der Waals surface area (Å²) in [6.45, 7) is 4.37. The smallest absolute Gasteiger partial charge is 0.286 e. The van der Waals surface area contributed by atoms with E-state index >= 15 is 0 Å². The molecule has 2 aliphatic rings. The topological polar surface area (TPSA) is 69.7 Å². The van der Waals surface area contributed by atoms with Crippen molar-refractivity contribution in [3.05, 3.63) is 70.1 Å². The molecular formula is C22H19N3O3S2. The van der Waals surface area contributed by atoms with E-state index in [2.05, 4.69) is 5.43 Å². The molecule has 3 amide bonds. The lowest BCUT2D eigenvalue weighted by molar-refractivity contribution is -0.124. The summed E-state index contributed by atoms with van der Waals surface area (Å²) < 4.78 is 0.184. The van der Waals surface area contributed by atoms with Gasteiger partial charge < -0.3 is 4.90 Å². The van der Waals surface area contributed by atoms with Crippen molar-refractivity contribution in [2.24, 2.45) is 0 Å². The molecule has 6 nitrogen and oxygen atoms in total. The Hall–Kier alpha value is -2.97. The van der Waals surface area contributed by atoms with Gasteiger partial charge in [0, 0.05) is 17.7 Å². The van der Waals surface area contributed by atoms with Gasteiger partial charge in [-0.05, 0) is 43.3 Å². The van der Waals surface area contributed by atoms with Crippen LogP contribution in [-0.2, 0) is 9.59 Å². The minimum Gasteiger partial charge on any atom is -0.308 e. The number of carbonyl (C=O) groups is 3. The van der Waals surface area contributed by atoms with Gasteiger partial charge in [-0.1, -0.05) is 55.1 Å². The minimum absolute atomic E-state index is 0.184. The number of hydrazine groups is 1. The van der Waals surface area contributed by atoms with E-state index in [-0.39, 0.29) is 15.1 Å². The van der Waals surface area contributed by atoms with Gasteiger partial charge in [0.1, 0.15) is 0 Å². The van der Waals surface area contributed by atoms with Crippen molar-refractivity contribution in [1.29, 1.82) is 0 Å². The number of nitrogens with zero attached hydrogens (tertiary/aromatic N) is 2. The van der Waals surface area contributed by atoms with E-state index < -0.39 is 11.8 Å². The molecule has 4 rings (SSSR count). The van der Waals surface area contributed by atoms with Crippen molar-refractivity contribution >= 4 is 57.3 Å². The number of fused-ring (bicyclic) bond motifs is 1. The van der Waals surface area contributed by atoms with Gasteiger partial charge in [-0.15, -0.1) is 0 Å². The summed E-state index contributed by atoms with van der Waals surface area (Å²) in [5.74, 6) is -1.14. The molecule has 2 aromatic carbocycles. The zero-order valence-corrected chi connectivity index (χ0v) is 18.1. The Morgan fingerprint density at radius 3 is 2.50 bits per heavy atom. The third kappa shape index (κ3) is 3.32. The zero-order valence-electron chi connectivity index (χ0n) is 16.5. The summed E-state index contributed by atoms with van der Waals surface area (Å²) in [6.07, 6.45) is 0.792. The third-order valence-electron chi connectivity index (χ3n) is 4.97. The maximum absolute atomic E-state index is 13.1. The second-order valence-corrected chi connectivity index (χ2v) is 8.59. The molecular weight excluding hydrogens is 418 g/mol. The molecule has 0 aromatic heterocycles. The van der Waals surface area contributed by atoms with Crippen molar-refractivity contribution < 1.29 is 14.4 Å². The highest BCUT2D eigenvalue weighted by Crippen LogP contribution is 2.44. The van der Waals surface area contributed by atoms with Crippen molar-refractivity contribution in [2.75, 3.05) is 11.4 Å². The van der Waals surface area contributed by atoms with Gasteiger partial charge in [0.25, 0.3) is 17.7 Å². The Morgan fingerprint density at radius 2 is 1.77 bits per heavy atom. The summed E-state index contributed by atoms with van der Waals surface area (Å²) in [5, 5.41) is 1.05. The third-order valence-corrected chi connectivity index (χ3v) is 6.34. The second-order valence-electron chi connectivity index (χ2n) is 6.94. The van der Waals surface area contributed by atoms with Crippen LogP contribution in [0.2, 0.25) is 0 Å². The summed E-state index contributed by atoms with van der Waals surface area (Å²) in [5.41, 5.74) is 5.66. The first-order chi connectivity index (χ1) is 14.4. The van der Waals surface area contributed by atoms with Gasteiger partial charge in [0.2, 0.25) is 0 Å². The summed E-state index contributed by atoms with van der Waals surface area (Å²) in [6, 6.07) is 14.5. The van der Waals surface area contributed by atoms with Crippen LogP contribution in [0.15, 0.2) is 53.4 Å². The average molecular weight is 438 g/mol. The quantitative estimate of drug-likeness (QED) is 0.584. The van der Waals surface area contributed by atoms with Gasteiger partial charge >= 0.3 is 0 Å². The van der Waals surface area contributed by atoms with Crippen LogP contribution in [0.5, 0.6) is 0 Å². The lowest BCUT2D eigenvalue weighted by Gasteiger charge is -2.16. The largest absolute Gasteiger partial charge is 0.308 e. The van der Waals surface area contributed by atoms with E-state index in [1.54, 1.807) is 17.0 Å². The summed E-state index contributed by atoms with van der Waals surface area (Å²) in [4.78, 5) is 40.9. The monoisotopic (exact) mass is 437 g/mol. The molecule has 2 aromatic rings. The van der Waals surface area contributed by atoms with Crippen molar-refractivity contribution in [2.45, 2.75) is 20.3 Å². The van der Waals surface area contributed by atoms with E-state index in [1.165, 1.54) is 0 Å². The van der Waals surface area contributed by atoms with Crippen LogP contribution in [0, 0.1) is 6.92 Å². The molecule has 1 fully saturated rings. The number of rotatable bonds is 4. The van der Waals surface area contributed by atoms with E-state index in [0.29, 0.717) is 23.2 Å².